The third-order valence-corrected chi connectivity index (χ3v) is 5.67. The van der Waals surface area contributed by atoms with Gasteiger partial charge in [-0.05, 0) is 49.2 Å². The molecule has 0 radical (unpaired) electrons. The standard InChI is InChI=1S/C22H24Cl2N2O2/c1-15-13-26(22(28)12-18-5-9-20(24)10-6-18)16(2)14-25(15)21(27)11-17-3-7-19(23)8-4-17/h3-10,15-16H,11-14H2,1-2H3. The third kappa shape index (κ3) is 5.06. The number of hydrogen-bond donors (Lipinski definition) is 0. The van der Waals surface area contributed by atoms with Gasteiger partial charge in [0.25, 0.3) is 0 Å². The van der Waals surface area contributed by atoms with Gasteiger partial charge in [0.1, 0.15) is 0 Å². The first-order valence-electron chi connectivity index (χ1n) is 9.41. The summed E-state index contributed by atoms with van der Waals surface area (Å²) in [4.78, 5) is 29.3. The fourth-order valence-corrected chi connectivity index (χ4v) is 3.83. The van der Waals surface area contributed by atoms with E-state index in [1.54, 1.807) is 24.3 Å². The van der Waals surface area contributed by atoms with E-state index in [1.807, 2.05) is 47.9 Å². The highest BCUT2D eigenvalue weighted by Crippen LogP contribution is 2.19. The van der Waals surface area contributed by atoms with Gasteiger partial charge in [0.05, 0.1) is 12.8 Å². The monoisotopic (exact) mass is 418 g/mol. The fourth-order valence-electron chi connectivity index (χ4n) is 3.58. The van der Waals surface area contributed by atoms with Gasteiger partial charge in [0, 0.05) is 35.2 Å². The van der Waals surface area contributed by atoms with Crippen molar-refractivity contribution in [2.45, 2.75) is 38.8 Å². The van der Waals surface area contributed by atoms with Gasteiger partial charge >= 0.3 is 0 Å². The number of rotatable bonds is 4. The normalized spacial score (nSPS) is 19.6. The largest absolute Gasteiger partial charge is 0.336 e. The van der Waals surface area contributed by atoms with E-state index in [4.69, 9.17) is 23.2 Å². The molecule has 2 aromatic carbocycles. The Bertz CT molecular complexity index is 765. The highest BCUT2D eigenvalue weighted by molar-refractivity contribution is 6.30. The van der Waals surface area contributed by atoms with Crippen LogP contribution in [0, 0.1) is 0 Å². The van der Waals surface area contributed by atoms with Crippen molar-refractivity contribution in [2.75, 3.05) is 13.1 Å². The molecule has 2 amide bonds. The SMILES string of the molecule is CC1CN(C(=O)Cc2ccc(Cl)cc2)C(C)CN1C(=O)Cc1ccc(Cl)cc1. The summed E-state index contributed by atoms with van der Waals surface area (Å²) in [6, 6.07) is 14.6. The van der Waals surface area contributed by atoms with E-state index in [9.17, 15) is 9.59 Å². The van der Waals surface area contributed by atoms with Crippen molar-refractivity contribution in [1.29, 1.82) is 0 Å². The summed E-state index contributed by atoms with van der Waals surface area (Å²) in [7, 11) is 0. The maximum absolute atomic E-state index is 12.8. The van der Waals surface area contributed by atoms with Gasteiger partial charge in [0.2, 0.25) is 11.8 Å². The second kappa shape index (κ2) is 8.97. The zero-order valence-electron chi connectivity index (χ0n) is 16.1. The number of carbonyl (C=O) groups is 2. The molecule has 2 atom stereocenters. The van der Waals surface area contributed by atoms with E-state index in [0.717, 1.165) is 11.1 Å². The van der Waals surface area contributed by atoms with Crippen LogP contribution in [-0.2, 0) is 22.4 Å². The molecule has 0 saturated carbocycles. The van der Waals surface area contributed by atoms with Gasteiger partial charge in [-0.15, -0.1) is 0 Å². The van der Waals surface area contributed by atoms with E-state index in [0.29, 0.717) is 36.0 Å². The molecule has 0 N–H and O–H groups in total. The number of amides is 2. The molecule has 3 rings (SSSR count). The number of benzene rings is 2. The van der Waals surface area contributed by atoms with Crippen molar-refractivity contribution in [3.05, 3.63) is 69.7 Å². The molecule has 0 aliphatic carbocycles. The summed E-state index contributed by atoms with van der Waals surface area (Å²) >= 11 is 11.8. The summed E-state index contributed by atoms with van der Waals surface area (Å²) in [6.45, 7) is 5.07. The quantitative estimate of drug-likeness (QED) is 0.745. The van der Waals surface area contributed by atoms with Crippen LogP contribution in [-0.4, -0.2) is 46.8 Å². The summed E-state index contributed by atoms with van der Waals surface area (Å²) in [5.41, 5.74) is 1.88. The Balaban J connectivity index is 1.61. The van der Waals surface area contributed by atoms with Crippen LogP contribution in [0.25, 0.3) is 0 Å². The van der Waals surface area contributed by atoms with Gasteiger partial charge in [-0.1, -0.05) is 47.5 Å². The zero-order chi connectivity index (χ0) is 20.3. The Morgan fingerprint density at radius 2 is 1.07 bits per heavy atom. The van der Waals surface area contributed by atoms with Gasteiger partial charge in [-0.2, -0.15) is 0 Å². The van der Waals surface area contributed by atoms with Crippen LogP contribution in [0.3, 0.4) is 0 Å². The van der Waals surface area contributed by atoms with Gasteiger partial charge in [0.15, 0.2) is 0 Å². The highest BCUT2D eigenvalue weighted by atomic mass is 35.5. The first kappa shape index (κ1) is 20.7. The molecule has 1 aliphatic heterocycles. The zero-order valence-corrected chi connectivity index (χ0v) is 17.6. The van der Waals surface area contributed by atoms with E-state index in [2.05, 4.69) is 0 Å². The molecule has 148 valence electrons. The first-order chi connectivity index (χ1) is 13.3. The fraction of sp³-hybridized carbons (Fsp3) is 0.364. The minimum absolute atomic E-state index is 0.0230. The molecular weight excluding hydrogens is 395 g/mol. The highest BCUT2D eigenvalue weighted by Gasteiger charge is 2.34. The minimum atomic E-state index is -0.0230. The van der Waals surface area contributed by atoms with Crippen molar-refractivity contribution in [3.8, 4) is 0 Å². The second-order valence-electron chi connectivity index (χ2n) is 7.40. The third-order valence-electron chi connectivity index (χ3n) is 5.16. The van der Waals surface area contributed by atoms with Gasteiger partial charge in [-0.25, -0.2) is 0 Å². The first-order valence-corrected chi connectivity index (χ1v) is 10.2. The van der Waals surface area contributed by atoms with E-state index >= 15 is 0 Å². The van der Waals surface area contributed by atoms with Crippen molar-refractivity contribution < 1.29 is 9.59 Å². The Morgan fingerprint density at radius 1 is 0.750 bits per heavy atom. The minimum Gasteiger partial charge on any atom is -0.336 e. The number of carbonyl (C=O) groups excluding carboxylic acids is 2. The molecule has 1 saturated heterocycles. The van der Waals surface area contributed by atoms with Crippen molar-refractivity contribution in [3.63, 3.8) is 0 Å². The van der Waals surface area contributed by atoms with Crippen molar-refractivity contribution in [1.82, 2.24) is 9.80 Å². The molecule has 1 heterocycles. The summed E-state index contributed by atoms with van der Waals surface area (Å²) < 4.78 is 0. The van der Waals surface area contributed by atoms with Crippen LogP contribution in [0.5, 0.6) is 0 Å². The molecule has 1 aliphatic rings. The Kier molecular flexibility index (Phi) is 6.63. The molecule has 6 heteroatoms. The molecule has 0 bridgehead atoms. The molecule has 4 nitrogen and oxygen atoms in total. The summed E-state index contributed by atoms with van der Waals surface area (Å²) in [5, 5.41) is 1.32. The predicted molar refractivity (Wildman–Crippen MR) is 113 cm³/mol. The number of nitrogens with zero attached hydrogens (tertiary/aromatic N) is 2. The topological polar surface area (TPSA) is 40.6 Å². The molecule has 0 aromatic heterocycles. The summed E-state index contributed by atoms with van der Waals surface area (Å²) in [6.07, 6.45) is 0.680. The lowest BCUT2D eigenvalue weighted by Gasteiger charge is -2.44. The lowest BCUT2D eigenvalue weighted by molar-refractivity contribution is -0.145. The predicted octanol–water partition coefficient (Wildman–Crippen LogP) is 4.23. The number of piperazine rings is 1. The molecule has 2 aromatic rings. The average Bonchev–Trinajstić information content (AvgIpc) is 2.66. The number of hydrogen-bond acceptors (Lipinski definition) is 2. The molecule has 28 heavy (non-hydrogen) atoms. The molecular formula is C22H24Cl2N2O2. The van der Waals surface area contributed by atoms with Gasteiger partial charge < -0.3 is 9.80 Å². The average molecular weight is 419 g/mol. The Labute approximate surface area is 176 Å². The van der Waals surface area contributed by atoms with Crippen LogP contribution in [0.1, 0.15) is 25.0 Å². The van der Waals surface area contributed by atoms with Crippen molar-refractivity contribution in [2.24, 2.45) is 0 Å². The maximum atomic E-state index is 12.8. The van der Waals surface area contributed by atoms with E-state index in [-0.39, 0.29) is 23.9 Å². The second-order valence-corrected chi connectivity index (χ2v) is 8.27. The molecule has 2 unspecified atom stereocenters. The molecule has 0 spiro atoms. The van der Waals surface area contributed by atoms with Crippen LogP contribution < -0.4 is 0 Å². The van der Waals surface area contributed by atoms with Crippen LogP contribution in [0.15, 0.2) is 48.5 Å². The number of halogens is 2. The molecule has 1 fully saturated rings. The van der Waals surface area contributed by atoms with E-state index in [1.165, 1.54) is 0 Å². The van der Waals surface area contributed by atoms with Crippen LogP contribution >= 0.6 is 23.2 Å². The Hall–Kier alpha value is -2.04. The van der Waals surface area contributed by atoms with Crippen LogP contribution in [0.4, 0.5) is 0 Å². The van der Waals surface area contributed by atoms with Crippen LogP contribution in [0.2, 0.25) is 10.0 Å². The lowest BCUT2D eigenvalue weighted by Crippen LogP contribution is -2.60. The smallest absolute Gasteiger partial charge is 0.227 e. The Morgan fingerprint density at radius 3 is 1.39 bits per heavy atom. The summed E-state index contributed by atoms with van der Waals surface area (Å²) in [5.74, 6) is 0.151. The van der Waals surface area contributed by atoms with Gasteiger partial charge in [-0.3, -0.25) is 9.59 Å². The van der Waals surface area contributed by atoms with E-state index < -0.39 is 0 Å². The maximum Gasteiger partial charge on any atom is 0.227 e. The lowest BCUT2D eigenvalue weighted by atomic mass is 10.0. The van der Waals surface area contributed by atoms with Crippen molar-refractivity contribution >= 4 is 35.0 Å².